The smallest absolute Gasteiger partial charge is 0.225 e. The van der Waals surface area contributed by atoms with E-state index in [-0.39, 0.29) is 11.7 Å². The van der Waals surface area contributed by atoms with Crippen LogP contribution in [0.5, 0.6) is 0 Å². The van der Waals surface area contributed by atoms with E-state index in [9.17, 15) is 9.18 Å². The van der Waals surface area contributed by atoms with Crippen LogP contribution in [0.25, 0.3) is 10.9 Å². The largest absolute Gasteiger partial charge is 0.311 e. The SMILES string of the molecule is C#Cc1ccc(NC(=O)CC2CC3CC(c4ccnc5ccc(F)cc45)CC3C2)nc1. The predicted molar refractivity (Wildman–Crippen MR) is 119 cm³/mol. The van der Waals surface area contributed by atoms with Crippen molar-refractivity contribution in [1.29, 1.82) is 0 Å². The van der Waals surface area contributed by atoms with Gasteiger partial charge in [0.25, 0.3) is 0 Å². The van der Waals surface area contributed by atoms with E-state index in [1.165, 1.54) is 11.6 Å². The monoisotopic (exact) mass is 413 g/mol. The molecule has 1 aromatic carbocycles. The Bertz CT molecular complexity index is 1150. The van der Waals surface area contributed by atoms with E-state index in [1.807, 2.05) is 6.20 Å². The van der Waals surface area contributed by atoms with Gasteiger partial charge in [-0.05, 0) is 91.3 Å². The van der Waals surface area contributed by atoms with Crippen molar-refractivity contribution in [3.8, 4) is 12.3 Å². The lowest BCUT2D eigenvalue weighted by Crippen LogP contribution is -2.16. The molecule has 3 aromatic rings. The first-order valence-corrected chi connectivity index (χ1v) is 10.9. The molecular formula is C26H24FN3O. The Hall–Kier alpha value is -3.26. The number of nitrogens with zero attached hydrogens (tertiary/aromatic N) is 2. The van der Waals surface area contributed by atoms with E-state index in [2.05, 4.69) is 27.3 Å². The Morgan fingerprint density at radius 3 is 2.61 bits per heavy atom. The van der Waals surface area contributed by atoms with Gasteiger partial charge in [-0.2, -0.15) is 0 Å². The van der Waals surface area contributed by atoms with Gasteiger partial charge in [-0.15, -0.1) is 6.42 Å². The van der Waals surface area contributed by atoms with E-state index in [1.54, 1.807) is 30.5 Å². The van der Waals surface area contributed by atoms with E-state index >= 15 is 0 Å². The van der Waals surface area contributed by atoms with Crippen LogP contribution in [0.15, 0.2) is 48.8 Å². The number of halogens is 1. The average Bonchev–Trinajstić information content (AvgIpc) is 3.32. The molecule has 2 heterocycles. The van der Waals surface area contributed by atoms with Crippen molar-refractivity contribution < 1.29 is 9.18 Å². The van der Waals surface area contributed by atoms with Crippen LogP contribution in [0.3, 0.4) is 0 Å². The molecule has 1 amide bonds. The number of anilines is 1. The van der Waals surface area contributed by atoms with Gasteiger partial charge in [-0.3, -0.25) is 9.78 Å². The molecule has 4 nitrogen and oxygen atoms in total. The minimum Gasteiger partial charge on any atom is -0.311 e. The number of nitrogens with one attached hydrogen (secondary N) is 1. The van der Waals surface area contributed by atoms with Gasteiger partial charge in [0.15, 0.2) is 0 Å². The molecule has 5 heteroatoms. The third-order valence-electron chi connectivity index (χ3n) is 6.96. The van der Waals surface area contributed by atoms with E-state index in [4.69, 9.17) is 6.42 Å². The molecule has 0 radical (unpaired) electrons. The Balaban J connectivity index is 1.20. The quantitative estimate of drug-likeness (QED) is 0.591. The highest BCUT2D eigenvalue weighted by atomic mass is 19.1. The average molecular weight is 413 g/mol. The molecule has 1 N–H and O–H groups in total. The summed E-state index contributed by atoms with van der Waals surface area (Å²) in [5.41, 5.74) is 2.77. The second-order valence-corrected chi connectivity index (χ2v) is 8.92. The molecule has 2 atom stereocenters. The summed E-state index contributed by atoms with van der Waals surface area (Å²) >= 11 is 0. The highest BCUT2D eigenvalue weighted by Gasteiger charge is 2.42. The zero-order chi connectivity index (χ0) is 21.4. The number of aromatic nitrogens is 2. The minimum absolute atomic E-state index is 0.0121. The molecule has 0 bridgehead atoms. The molecule has 31 heavy (non-hydrogen) atoms. The fourth-order valence-corrected chi connectivity index (χ4v) is 5.67. The highest BCUT2D eigenvalue weighted by molar-refractivity contribution is 5.90. The molecule has 2 aliphatic rings. The predicted octanol–water partition coefficient (Wildman–Crippen LogP) is 5.30. The minimum atomic E-state index is -0.213. The van der Waals surface area contributed by atoms with Crippen molar-refractivity contribution in [1.82, 2.24) is 9.97 Å². The lowest BCUT2D eigenvalue weighted by molar-refractivity contribution is -0.117. The highest BCUT2D eigenvalue weighted by Crippen LogP contribution is 2.53. The number of hydrogen-bond donors (Lipinski definition) is 1. The standard InChI is InChI=1S/C26H24FN3O/c1-2-16-3-6-25(29-15-16)30-26(31)11-17-9-18-12-20(13-19(18)10-17)22-7-8-28-24-5-4-21(27)14-23(22)24/h1,3-8,14-15,17-20H,9-13H2,(H,29,30,31). The molecule has 0 saturated heterocycles. The van der Waals surface area contributed by atoms with Crippen LogP contribution in [0.2, 0.25) is 0 Å². The summed E-state index contributed by atoms with van der Waals surface area (Å²) in [5.74, 6) is 4.97. The Morgan fingerprint density at radius 2 is 1.90 bits per heavy atom. The number of rotatable bonds is 4. The second-order valence-electron chi connectivity index (χ2n) is 8.92. The van der Waals surface area contributed by atoms with Gasteiger partial charge in [0.2, 0.25) is 5.91 Å². The fraction of sp³-hybridized carbons (Fsp3) is 0.346. The molecule has 2 saturated carbocycles. The number of carbonyl (C=O) groups is 1. The first-order chi connectivity index (χ1) is 15.1. The number of terminal acetylenes is 1. The first-order valence-electron chi connectivity index (χ1n) is 10.9. The van der Waals surface area contributed by atoms with E-state index in [0.29, 0.717) is 41.5 Å². The molecule has 0 spiro atoms. The number of hydrogen-bond acceptors (Lipinski definition) is 3. The summed E-state index contributed by atoms with van der Waals surface area (Å²) in [7, 11) is 0. The number of amides is 1. The third-order valence-corrected chi connectivity index (χ3v) is 6.96. The van der Waals surface area contributed by atoms with Crippen molar-refractivity contribution in [2.45, 2.75) is 38.0 Å². The second kappa shape index (κ2) is 8.11. The Labute approximate surface area is 181 Å². The molecule has 156 valence electrons. The topological polar surface area (TPSA) is 54.9 Å². The summed E-state index contributed by atoms with van der Waals surface area (Å²) in [5, 5.41) is 3.82. The van der Waals surface area contributed by atoms with Gasteiger partial charge in [-0.1, -0.05) is 5.92 Å². The van der Waals surface area contributed by atoms with Crippen molar-refractivity contribution >= 4 is 22.6 Å². The van der Waals surface area contributed by atoms with Crippen LogP contribution in [0, 0.1) is 35.9 Å². The third kappa shape index (κ3) is 4.03. The fourth-order valence-electron chi connectivity index (χ4n) is 5.67. The maximum atomic E-state index is 13.8. The van der Waals surface area contributed by atoms with Gasteiger partial charge in [-0.25, -0.2) is 9.37 Å². The maximum absolute atomic E-state index is 13.8. The van der Waals surface area contributed by atoms with Crippen molar-refractivity contribution in [2.24, 2.45) is 17.8 Å². The number of pyridine rings is 2. The van der Waals surface area contributed by atoms with Crippen LogP contribution in [0.4, 0.5) is 10.2 Å². The number of fused-ring (bicyclic) bond motifs is 2. The molecular weight excluding hydrogens is 389 g/mol. The van der Waals surface area contributed by atoms with Crippen LogP contribution in [-0.2, 0) is 4.79 Å². The van der Waals surface area contributed by atoms with Crippen LogP contribution in [-0.4, -0.2) is 15.9 Å². The molecule has 5 rings (SSSR count). The van der Waals surface area contributed by atoms with Crippen LogP contribution in [0.1, 0.15) is 49.1 Å². The Morgan fingerprint density at radius 1 is 1.10 bits per heavy atom. The summed E-state index contributed by atoms with van der Waals surface area (Å²) in [6.07, 6.45) is 13.7. The zero-order valence-electron chi connectivity index (χ0n) is 17.2. The van der Waals surface area contributed by atoms with Crippen molar-refractivity contribution in [3.63, 3.8) is 0 Å². The summed E-state index contributed by atoms with van der Waals surface area (Å²) in [6, 6.07) is 10.4. The van der Waals surface area contributed by atoms with Crippen molar-refractivity contribution in [3.05, 3.63) is 65.7 Å². The number of benzene rings is 1. The number of carbonyl (C=O) groups excluding carboxylic acids is 1. The first kappa shape index (κ1) is 19.7. The van der Waals surface area contributed by atoms with Crippen LogP contribution < -0.4 is 5.32 Å². The summed E-state index contributed by atoms with van der Waals surface area (Å²) in [6.45, 7) is 0. The zero-order valence-corrected chi connectivity index (χ0v) is 17.2. The lowest BCUT2D eigenvalue weighted by Gasteiger charge is -2.17. The van der Waals surface area contributed by atoms with Gasteiger partial charge >= 0.3 is 0 Å². The normalized spacial score (nSPS) is 24.6. The van der Waals surface area contributed by atoms with Gasteiger partial charge in [0.05, 0.1) is 5.52 Å². The molecule has 2 fully saturated rings. The molecule has 0 aliphatic heterocycles. The Kier molecular flexibility index (Phi) is 5.15. The molecule has 2 aliphatic carbocycles. The van der Waals surface area contributed by atoms with Gasteiger partial charge in [0.1, 0.15) is 11.6 Å². The molecule has 2 unspecified atom stereocenters. The summed E-state index contributed by atoms with van der Waals surface area (Å²) in [4.78, 5) is 21.1. The lowest BCUT2D eigenvalue weighted by atomic mass is 9.89. The van der Waals surface area contributed by atoms with E-state index in [0.717, 1.165) is 36.6 Å². The van der Waals surface area contributed by atoms with Crippen LogP contribution >= 0.6 is 0 Å². The maximum Gasteiger partial charge on any atom is 0.225 e. The van der Waals surface area contributed by atoms with Gasteiger partial charge in [0, 0.05) is 29.8 Å². The van der Waals surface area contributed by atoms with Gasteiger partial charge < -0.3 is 5.32 Å². The molecule has 2 aromatic heterocycles. The van der Waals surface area contributed by atoms with Crippen molar-refractivity contribution in [2.75, 3.05) is 5.32 Å². The summed E-state index contributed by atoms with van der Waals surface area (Å²) < 4.78 is 13.8. The van der Waals surface area contributed by atoms with E-state index < -0.39 is 0 Å².